The van der Waals surface area contributed by atoms with Crippen LogP contribution in [0.25, 0.3) is 0 Å². The number of thiol groups is 1. The van der Waals surface area contributed by atoms with Gasteiger partial charge in [-0.3, -0.25) is 0 Å². The second-order valence-electron chi connectivity index (χ2n) is 2.85. The fourth-order valence-corrected chi connectivity index (χ4v) is 12.5. The predicted molar refractivity (Wildman–Crippen MR) is 106 cm³/mol. The van der Waals surface area contributed by atoms with Crippen molar-refractivity contribution < 1.29 is 0 Å². The predicted octanol–water partition coefficient (Wildman–Crippen LogP) is 5.76. The van der Waals surface area contributed by atoms with Crippen LogP contribution in [0.5, 0.6) is 0 Å². The van der Waals surface area contributed by atoms with Crippen LogP contribution in [0.4, 0.5) is 0 Å². The lowest BCUT2D eigenvalue weighted by molar-refractivity contribution is 1.55. The Kier molecular flexibility index (Phi) is 5.19. The molecule has 0 aromatic heterocycles. The van der Waals surface area contributed by atoms with Gasteiger partial charge in [-0.05, 0) is 56.9 Å². The summed E-state index contributed by atoms with van der Waals surface area (Å²) in [4.78, 5) is 0. The van der Waals surface area contributed by atoms with Gasteiger partial charge in [-0.1, -0.05) is 35.3 Å². The molecule has 3 aliphatic heterocycles. The van der Waals surface area contributed by atoms with Gasteiger partial charge in [0.25, 0.3) is 0 Å². The molecule has 0 saturated heterocycles. The molecule has 3 rings (SSSR count). The summed E-state index contributed by atoms with van der Waals surface area (Å²) < 4.78 is 9.04. The molecule has 0 unspecified atom stereocenters. The molecule has 0 aromatic carbocycles. The van der Waals surface area contributed by atoms with Gasteiger partial charge in [-0.2, -0.15) is 0 Å². The summed E-state index contributed by atoms with van der Waals surface area (Å²) in [5.74, 6) is 2.62. The largest absolute Gasteiger partial charge is 0.211 e. The Morgan fingerprint density at radius 1 is 0.875 bits per heavy atom. The standard InChI is InChI=1S/C8H4I2S6/c9-3-4(10)14-7(13-3)8-15-5-6(16-8)12-2-1-11-5/h1-2H2/p+1. The molecule has 8 heteroatoms. The van der Waals surface area contributed by atoms with E-state index < -0.39 is 0 Å². The lowest BCUT2D eigenvalue weighted by Gasteiger charge is -2.02. The SMILES string of the molecule is IC1=C(I)SC(=C2SC3=C(S2)[SH+]CCS3)S1. The monoisotopic (exact) mass is 547 g/mol. The molecule has 0 fully saturated rings. The summed E-state index contributed by atoms with van der Waals surface area (Å²) in [5, 5.41) is 0. The van der Waals surface area contributed by atoms with Gasteiger partial charge in [0.1, 0.15) is 9.99 Å². The first kappa shape index (κ1) is 13.7. The van der Waals surface area contributed by atoms with Crippen molar-refractivity contribution in [3.8, 4) is 0 Å². The minimum Gasteiger partial charge on any atom is -0.108 e. The molecule has 0 nitrogen and oxygen atoms in total. The van der Waals surface area contributed by atoms with E-state index in [0.717, 1.165) is 0 Å². The van der Waals surface area contributed by atoms with Crippen molar-refractivity contribution in [2.75, 3.05) is 11.5 Å². The van der Waals surface area contributed by atoms with Crippen LogP contribution in [0, 0.1) is 0 Å². The summed E-state index contributed by atoms with van der Waals surface area (Å²) in [6, 6.07) is 0. The first-order valence-electron chi connectivity index (χ1n) is 4.29. The van der Waals surface area contributed by atoms with Crippen molar-refractivity contribution in [3.05, 3.63) is 22.8 Å². The lowest BCUT2D eigenvalue weighted by Crippen LogP contribution is -1.98. The van der Waals surface area contributed by atoms with E-state index in [9.17, 15) is 0 Å². The molecule has 0 aromatic rings. The second kappa shape index (κ2) is 6.04. The van der Waals surface area contributed by atoms with Crippen molar-refractivity contribution in [2.45, 2.75) is 0 Å². The van der Waals surface area contributed by atoms with Gasteiger partial charge in [-0.25, -0.2) is 0 Å². The van der Waals surface area contributed by atoms with Crippen LogP contribution in [-0.4, -0.2) is 11.5 Å². The van der Waals surface area contributed by atoms with E-state index in [1.165, 1.54) is 25.8 Å². The molecule has 0 bridgehead atoms. The van der Waals surface area contributed by atoms with E-state index in [0.29, 0.717) is 0 Å². The number of hydrogen-bond acceptors (Lipinski definition) is 5. The average molecular weight is 547 g/mol. The maximum atomic E-state index is 2.44. The molecular weight excluding hydrogens is 542 g/mol. The molecule has 0 atom stereocenters. The van der Waals surface area contributed by atoms with Gasteiger partial charge >= 0.3 is 0 Å². The van der Waals surface area contributed by atoms with E-state index in [4.69, 9.17) is 0 Å². The summed E-state index contributed by atoms with van der Waals surface area (Å²) >= 11 is 16.4. The molecule has 0 radical (unpaired) electrons. The van der Waals surface area contributed by atoms with E-state index in [1.807, 2.05) is 58.8 Å². The second-order valence-corrected chi connectivity index (χ2v) is 14.0. The average Bonchev–Trinajstić information content (AvgIpc) is 2.83. The van der Waals surface area contributed by atoms with Crippen molar-refractivity contribution in [1.82, 2.24) is 0 Å². The molecule has 3 aliphatic rings. The van der Waals surface area contributed by atoms with Crippen LogP contribution in [-0.2, 0) is 11.8 Å². The van der Waals surface area contributed by atoms with Gasteiger partial charge in [-0.15, -0.1) is 11.8 Å². The highest BCUT2D eigenvalue weighted by atomic mass is 127. The minimum absolute atomic E-state index is 1.30. The van der Waals surface area contributed by atoms with E-state index in [1.54, 1.807) is 20.2 Å². The van der Waals surface area contributed by atoms with Gasteiger partial charge in [0, 0.05) is 17.5 Å². The van der Waals surface area contributed by atoms with E-state index in [-0.39, 0.29) is 0 Å². The van der Waals surface area contributed by atoms with Crippen molar-refractivity contribution in [2.24, 2.45) is 0 Å². The van der Waals surface area contributed by atoms with Crippen LogP contribution >= 0.6 is 104 Å². The summed E-state index contributed by atoms with van der Waals surface area (Å²) in [7, 11) is 0. The summed E-state index contributed by atoms with van der Waals surface area (Å²) in [5.41, 5.74) is 0. The first-order valence-corrected chi connectivity index (χ1v) is 11.8. The maximum Gasteiger partial charge on any atom is 0.211 e. The third-order valence-electron chi connectivity index (χ3n) is 1.82. The molecule has 0 amide bonds. The van der Waals surface area contributed by atoms with Gasteiger partial charge < -0.3 is 0 Å². The Morgan fingerprint density at radius 2 is 1.56 bits per heavy atom. The first-order chi connectivity index (χ1) is 7.74. The molecular formula is C8H5I2S6+. The van der Waals surface area contributed by atoms with Crippen molar-refractivity contribution in [3.63, 3.8) is 0 Å². The van der Waals surface area contributed by atoms with Crippen molar-refractivity contribution in [1.29, 1.82) is 0 Å². The highest BCUT2D eigenvalue weighted by Gasteiger charge is 2.34. The van der Waals surface area contributed by atoms with Crippen LogP contribution < -0.4 is 0 Å². The number of thioether (sulfide) groups is 5. The molecule has 3 heterocycles. The molecule has 0 N–H and O–H groups in total. The Bertz CT molecular complexity index is 402. The zero-order valence-corrected chi connectivity index (χ0v) is 17.0. The Labute approximate surface area is 147 Å². The Morgan fingerprint density at radius 3 is 2.25 bits per heavy atom. The normalized spacial score (nSPS) is 25.9. The molecule has 86 valence electrons. The smallest absolute Gasteiger partial charge is 0.108 e. The molecule has 16 heavy (non-hydrogen) atoms. The lowest BCUT2D eigenvalue weighted by atomic mass is 11.0. The van der Waals surface area contributed by atoms with Gasteiger partial charge in [0.2, 0.25) is 4.24 Å². The third-order valence-corrected chi connectivity index (χ3v) is 14.7. The van der Waals surface area contributed by atoms with Crippen LogP contribution in [0.1, 0.15) is 0 Å². The van der Waals surface area contributed by atoms with Crippen LogP contribution in [0.3, 0.4) is 0 Å². The fraction of sp³-hybridized carbons (Fsp3) is 0.250. The zero-order valence-electron chi connectivity index (χ0n) is 7.66. The van der Waals surface area contributed by atoms with E-state index >= 15 is 0 Å². The highest BCUT2D eigenvalue weighted by Crippen LogP contribution is 2.64. The summed E-state index contributed by atoms with van der Waals surface area (Å²) in [6.45, 7) is 0. The molecule has 0 aliphatic carbocycles. The highest BCUT2D eigenvalue weighted by molar-refractivity contribution is 14.1. The minimum atomic E-state index is 1.30. The van der Waals surface area contributed by atoms with Gasteiger partial charge in [0.15, 0.2) is 0 Å². The molecule has 0 saturated carbocycles. The number of hydrogen-bond donors (Lipinski definition) is 0. The maximum absolute atomic E-state index is 2.44. The molecule has 0 spiro atoms. The summed E-state index contributed by atoms with van der Waals surface area (Å²) in [6.07, 6.45) is 0. The number of rotatable bonds is 0. The van der Waals surface area contributed by atoms with E-state index in [2.05, 4.69) is 45.2 Å². The van der Waals surface area contributed by atoms with Crippen LogP contribution in [0.15, 0.2) is 22.8 Å². The third kappa shape index (κ3) is 2.93. The quantitative estimate of drug-likeness (QED) is 0.214. The zero-order chi connectivity index (χ0) is 11.1. The fourth-order valence-electron chi connectivity index (χ4n) is 1.18. The van der Waals surface area contributed by atoms with Crippen molar-refractivity contribution >= 4 is 116 Å². The van der Waals surface area contributed by atoms with Gasteiger partial charge in [0.05, 0.1) is 14.3 Å². The topological polar surface area (TPSA) is 0 Å². The Hall–Kier alpha value is 2.78. The van der Waals surface area contributed by atoms with Crippen LogP contribution in [0.2, 0.25) is 0 Å². The Balaban J connectivity index is 1.79. The number of halogens is 2.